The standard InChI is InChI=1S/C44H28N4/c45-27-32-9-7-17-41(48-38-14-4-1-11-35(38)36-12-2-5-15-39(36)48)43(32)31-21-19-29(20-22-31)30-23-25-34(26-24-30)47-40-16-6-3-13-37(40)44-33(28-46)10-8-18-42(44)47/h1,3-11,13-26H,2,12H2. The molecule has 2 heterocycles. The van der Waals surface area contributed by atoms with Crippen LogP contribution in [0.3, 0.4) is 0 Å². The molecule has 0 radical (unpaired) electrons. The number of para-hydroxylation sites is 2. The van der Waals surface area contributed by atoms with Gasteiger partial charge in [-0.05, 0) is 89.7 Å². The van der Waals surface area contributed by atoms with Crippen molar-refractivity contribution in [1.29, 1.82) is 10.5 Å². The topological polar surface area (TPSA) is 57.4 Å². The fourth-order valence-electron chi connectivity index (χ4n) is 7.59. The van der Waals surface area contributed by atoms with Crippen molar-refractivity contribution >= 4 is 38.8 Å². The molecular formula is C44H28N4. The summed E-state index contributed by atoms with van der Waals surface area (Å²) in [5, 5.41) is 23.4. The van der Waals surface area contributed by atoms with Crippen molar-refractivity contribution in [2.45, 2.75) is 12.8 Å². The molecule has 48 heavy (non-hydrogen) atoms. The summed E-state index contributed by atoms with van der Waals surface area (Å²) in [4.78, 5) is 0. The van der Waals surface area contributed by atoms with Crippen LogP contribution in [-0.4, -0.2) is 9.13 Å². The SMILES string of the molecule is N#Cc1cccc(-n2c3c(c4ccccc42)CCC=C3)c1-c1ccc(-c2ccc(-n3c4ccccc4c4c(C#N)cccc43)cc2)cc1. The first-order valence-electron chi connectivity index (χ1n) is 16.2. The molecule has 0 aliphatic heterocycles. The lowest BCUT2D eigenvalue weighted by atomic mass is 9.95. The molecule has 8 aromatic rings. The largest absolute Gasteiger partial charge is 0.309 e. The van der Waals surface area contributed by atoms with E-state index in [9.17, 15) is 10.5 Å². The average molecular weight is 613 g/mol. The molecule has 1 aliphatic carbocycles. The lowest BCUT2D eigenvalue weighted by Crippen LogP contribution is -2.03. The van der Waals surface area contributed by atoms with E-state index in [2.05, 4.69) is 130 Å². The lowest BCUT2D eigenvalue weighted by Gasteiger charge is -2.17. The summed E-state index contributed by atoms with van der Waals surface area (Å²) in [6, 6.07) is 50.8. The monoisotopic (exact) mass is 612 g/mol. The molecule has 4 nitrogen and oxygen atoms in total. The molecule has 0 atom stereocenters. The number of rotatable bonds is 4. The Bertz CT molecular complexity index is 2670. The van der Waals surface area contributed by atoms with Gasteiger partial charge < -0.3 is 9.13 Å². The van der Waals surface area contributed by atoms with Gasteiger partial charge in [0.05, 0.1) is 45.5 Å². The number of hydrogen-bond acceptors (Lipinski definition) is 2. The summed E-state index contributed by atoms with van der Waals surface area (Å²) in [7, 11) is 0. The Morgan fingerprint density at radius 3 is 1.88 bits per heavy atom. The average Bonchev–Trinajstić information content (AvgIpc) is 3.68. The predicted octanol–water partition coefficient (Wildman–Crippen LogP) is 10.8. The van der Waals surface area contributed by atoms with Gasteiger partial charge in [-0.25, -0.2) is 0 Å². The van der Waals surface area contributed by atoms with Crippen molar-refractivity contribution in [3.63, 3.8) is 0 Å². The fourth-order valence-corrected chi connectivity index (χ4v) is 7.59. The van der Waals surface area contributed by atoms with E-state index in [1.165, 1.54) is 16.6 Å². The van der Waals surface area contributed by atoms with E-state index < -0.39 is 0 Å². The van der Waals surface area contributed by atoms with E-state index >= 15 is 0 Å². The van der Waals surface area contributed by atoms with Crippen molar-refractivity contribution in [3.05, 3.63) is 162 Å². The number of nitrogens with zero attached hydrogens (tertiary/aromatic N) is 4. The third-order valence-corrected chi connectivity index (χ3v) is 9.71. The van der Waals surface area contributed by atoms with Crippen LogP contribution in [-0.2, 0) is 6.42 Å². The first-order chi connectivity index (χ1) is 23.7. The van der Waals surface area contributed by atoms with Crippen molar-refractivity contribution in [3.8, 4) is 45.8 Å². The Morgan fingerprint density at radius 2 is 1.12 bits per heavy atom. The van der Waals surface area contributed by atoms with Crippen LogP contribution in [0.25, 0.3) is 72.4 Å². The molecule has 2 aromatic heterocycles. The summed E-state index contributed by atoms with van der Waals surface area (Å²) in [6.07, 6.45) is 6.53. The van der Waals surface area contributed by atoms with Gasteiger partial charge in [0.1, 0.15) is 0 Å². The number of benzene rings is 6. The highest BCUT2D eigenvalue weighted by molar-refractivity contribution is 6.11. The van der Waals surface area contributed by atoms with E-state index in [-0.39, 0.29) is 0 Å². The van der Waals surface area contributed by atoms with Crippen LogP contribution in [0.4, 0.5) is 0 Å². The summed E-state index contributed by atoms with van der Waals surface area (Å²) in [5.74, 6) is 0. The third kappa shape index (κ3) is 4.14. The summed E-state index contributed by atoms with van der Waals surface area (Å²) < 4.78 is 4.56. The Labute approximate surface area is 278 Å². The maximum atomic E-state index is 10.3. The maximum absolute atomic E-state index is 10.3. The van der Waals surface area contributed by atoms with Gasteiger partial charge >= 0.3 is 0 Å². The molecule has 0 amide bonds. The van der Waals surface area contributed by atoms with Crippen LogP contribution in [0, 0.1) is 22.7 Å². The number of allylic oxidation sites excluding steroid dienone is 1. The number of nitriles is 2. The van der Waals surface area contributed by atoms with E-state index in [0.717, 1.165) is 73.8 Å². The highest BCUT2D eigenvalue weighted by Crippen LogP contribution is 2.39. The second kappa shape index (κ2) is 11.0. The molecule has 6 aromatic carbocycles. The highest BCUT2D eigenvalue weighted by Gasteiger charge is 2.22. The van der Waals surface area contributed by atoms with Crippen LogP contribution < -0.4 is 0 Å². The molecular weight excluding hydrogens is 585 g/mol. The molecule has 0 N–H and O–H groups in total. The smallest absolute Gasteiger partial charge is 0.0998 e. The van der Waals surface area contributed by atoms with Gasteiger partial charge in [-0.2, -0.15) is 10.5 Å². The zero-order chi connectivity index (χ0) is 32.2. The number of aryl methyl sites for hydroxylation is 1. The molecule has 0 bridgehead atoms. The molecule has 0 fully saturated rings. The Hall–Kier alpha value is -6.62. The van der Waals surface area contributed by atoms with Crippen LogP contribution in [0.15, 0.2) is 140 Å². The molecule has 4 heteroatoms. The summed E-state index contributed by atoms with van der Waals surface area (Å²) >= 11 is 0. The van der Waals surface area contributed by atoms with Gasteiger partial charge in [0.2, 0.25) is 0 Å². The van der Waals surface area contributed by atoms with Gasteiger partial charge in [0.25, 0.3) is 0 Å². The zero-order valence-corrected chi connectivity index (χ0v) is 26.1. The molecule has 0 unspecified atom stereocenters. The van der Waals surface area contributed by atoms with Crippen LogP contribution in [0.2, 0.25) is 0 Å². The van der Waals surface area contributed by atoms with Gasteiger partial charge in [-0.3, -0.25) is 0 Å². The summed E-state index contributed by atoms with van der Waals surface area (Å²) in [6.45, 7) is 0. The molecule has 1 aliphatic rings. The van der Waals surface area contributed by atoms with Gasteiger partial charge in [0, 0.05) is 33.1 Å². The van der Waals surface area contributed by atoms with Gasteiger partial charge in [-0.15, -0.1) is 0 Å². The maximum Gasteiger partial charge on any atom is 0.0998 e. The first kappa shape index (κ1) is 27.7. The van der Waals surface area contributed by atoms with Gasteiger partial charge in [-0.1, -0.05) is 91.0 Å². The first-order valence-corrected chi connectivity index (χ1v) is 16.2. The fraction of sp³-hybridized carbons (Fsp3) is 0.0455. The lowest BCUT2D eigenvalue weighted by molar-refractivity contribution is 0.968. The Kier molecular flexibility index (Phi) is 6.35. The van der Waals surface area contributed by atoms with Crippen LogP contribution in [0.1, 0.15) is 28.8 Å². The predicted molar refractivity (Wildman–Crippen MR) is 195 cm³/mol. The van der Waals surface area contributed by atoms with Crippen molar-refractivity contribution < 1.29 is 0 Å². The number of fused-ring (bicyclic) bond motifs is 6. The number of hydrogen-bond donors (Lipinski definition) is 0. The number of aromatic nitrogens is 2. The molecule has 0 spiro atoms. The van der Waals surface area contributed by atoms with Crippen molar-refractivity contribution in [2.75, 3.05) is 0 Å². The van der Waals surface area contributed by atoms with Crippen molar-refractivity contribution in [1.82, 2.24) is 9.13 Å². The second-order valence-electron chi connectivity index (χ2n) is 12.3. The quantitative estimate of drug-likeness (QED) is 0.199. The Morgan fingerprint density at radius 1 is 0.521 bits per heavy atom. The third-order valence-electron chi connectivity index (χ3n) is 9.71. The minimum Gasteiger partial charge on any atom is -0.309 e. The van der Waals surface area contributed by atoms with Crippen LogP contribution in [0.5, 0.6) is 0 Å². The van der Waals surface area contributed by atoms with Crippen LogP contribution >= 0.6 is 0 Å². The van der Waals surface area contributed by atoms with Crippen molar-refractivity contribution in [2.24, 2.45) is 0 Å². The Balaban J connectivity index is 1.12. The second-order valence-corrected chi connectivity index (χ2v) is 12.3. The summed E-state index contributed by atoms with van der Waals surface area (Å²) in [5.41, 5.74) is 13.4. The van der Waals surface area contributed by atoms with Gasteiger partial charge in [0.15, 0.2) is 0 Å². The normalized spacial score (nSPS) is 12.3. The molecule has 9 rings (SSSR count). The highest BCUT2D eigenvalue weighted by atomic mass is 15.0. The van der Waals surface area contributed by atoms with E-state index in [1.807, 2.05) is 36.4 Å². The molecule has 224 valence electrons. The van der Waals surface area contributed by atoms with E-state index in [0.29, 0.717) is 11.1 Å². The van der Waals surface area contributed by atoms with E-state index in [4.69, 9.17) is 0 Å². The molecule has 0 saturated carbocycles. The minimum absolute atomic E-state index is 0.654. The zero-order valence-electron chi connectivity index (χ0n) is 26.1. The molecule has 0 saturated heterocycles. The van der Waals surface area contributed by atoms with E-state index in [1.54, 1.807) is 0 Å². The minimum atomic E-state index is 0.654.